The van der Waals surface area contributed by atoms with Crippen molar-refractivity contribution in [1.82, 2.24) is 5.32 Å². The van der Waals surface area contributed by atoms with Gasteiger partial charge in [-0.25, -0.2) is 0 Å². The van der Waals surface area contributed by atoms with Crippen molar-refractivity contribution in [3.8, 4) is 0 Å². The molecule has 1 aromatic carbocycles. The Labute approximate surface area is 152 Å². The van der Waals surface area contributed by atoms with E-state index in [0.29, 0.717) is 6.04 Å². The number of hydrogen-bond acceptors (Lipinski definition) is 3. The van der Waals surface area contributed by atoms with Crippen molar-refractivity contribution in [3.63, 3.8) is 0 Å². The molecule has 0 saturated carbocycles. The third-order valence-corrected chi connectivity index (χ3v) is 4.30. The highest BCUT2D eigenvalue weighted by Crippen LogP contribution is 2.22. The average molecular weight is 369 g/mol. The number of benzene rings is 1. The van der Waals surface area contributed by atoms with E-state index >= 15 is 0 Å². The molecule has 6 heteroatoms. The molecule has 1 aromatic rings. The standard InChI is InChI=1S/C16H25N3.3ClH/c1-2-12-19(13-3-1)16-6-4-14(5-7-16)18-15-8-10-17-11-9-15;;;/h4-7,15,17-18H,1-3,8-13H2;3*1H. The van der Waals surface area contributed by atoms with Crippen LogP contribution < -0.4 is 15.5 Å². The van der Waals surface area contributed by atoms with Crippen LogP contribution in [0, 0.1) is 0 Å². The Kier molecular flexibility index (Phi) is 11.0. The van der Waals surface area contributed by atoms with Gasteiger partial charge in [-0.15, -0.1) is 37.2 Å². The first-order valence-corrected chi connectivity index (χ1v) is 7.74. The molecule has 128 valence electrons. The van der Waals surface area contributed by atoms with E-state index in [1.807, 2.05) is 0 Å². The normalized spacial score (nSPS) is 18.5. The zero-order valence-electron chi connectivity index (χ0n) is 12.9. The van der Waals surface area contributed by atoms with Crippen molar-refractivity contribution < 1.29 is 0 Å². The van der Waals surface area contributed by atoms with Crippen LogP contribution in [0.25, 0.3) is 0 Å². The quantitative estimate of drug-likeness (QED) is 0.841. The lowest BCUT2D eigenvalue weighted by Crippen LogP contribution is -2.35. The molecule has 3 rings (SSSR count). The Bertz CT molecular complexity index is 388. The summed E-state index contributed by atoms with van der Waals surface area (Å²) < 4.78 is 0. The number of anilines is 2. The van der Waals surface area contributed by atoms with Gasteiger partial charge in [-0.05, 0) is 69.5 Å². The van der Waals surface area contributed by atoms with Gasteiger partial charge in [0, 0.05) is 30.5 Å². The maximum atomic E-state index is 3.65. The molecule has 2 saturated heterocycles. The Balaban J connectivity index is 0.00000147. The zero-order chi connectivity index (χ0) is 12.9. The first kappa shape index (κ1) is 21.6. The number of nitrogens with one attached hydrogen (secondary N) is 2. The topological polar surface area (TPSA) is 27.3 Å². The van der Waals surface area contributed by atoms with E-state index in [0.717, 1.165) is 13.1 Å². The van der Waals surface area contributed by atoms with Gasteiger partial charge in [-0.3, -0.25) is 0 Å². The fourth-order valence-electron chi connectivity index (χ4n) is 3.12. The predicted octanol–water partition coefficient (Wildman–Crippen LogP) is 4.11. The van der Waals surface area contributed by atoms with E-state index in [9.17, 15) is 0 Å². The van der Waals surface area contributed by atoms with Crippen molar-refractivity contribution in [1.29, 1.82) is 0 Å². The highest BCUT2D eigenvalue weighted by molar-refractivity contribution is 5.86. The summed E-state index contributed by atoms with van der Waals surface area (Å²) in [5.41, 5.74) is 2.66. The van der Waals surface area contributed by atoms with Crippen LogP contribution in [-0.4, -0.2) is 32.2 Å². The van der Waals surface area contributed by atoms with Crippen molar-refractivity contribution in [2.75, 3.05) is 36.4 Å². The van der Waals surface area contributed by atoms with Gasteiger partial charge in [-0.1, -0.05) is 0 Å². The molecular formula is C16H28Cl3N3. The van der Waals surface area contributed by atoms with Crippen LogP contribution in [0.2, 0.25) is 0 Å². The number of piperidine rings is 2. The summed E-state index contributed by atoms with van der Waals surface area (Å²) in [5, 5.41) is 7.06. The van der Waals surface area contributed by atoms with Crippen LogP contribution in [0.5, 0.6) is 0 Å². The van der Waals surface area contributed by atoms with Crippen molar-refractivity contribution >= 4 is 48.6 Å². The lowest BCUT2D eigenvalue weighted by molar-refractivity contribution is 0.479. The fraction of sp³-hybridized carbons (Fsp3) is 0.625. The van der Waals surface area contributed by atoms with Crippen molar-refractivity contribution in [2.45, 2.75) is 38.1 Å². The van der Waals surface area contributed by atoms with E-state index in [2.05, 4.69) is 39.8 Å². The third kappa shape index (κ3) is 6.04. The van der Waals surface area contributed by atoms with E-state index in [1.165, 1.54) is 56.6 Å². The summed E-state index contributed by atoms with van der Waals surface area (Å²) in [6.07, 6.45) is 6.54. The monoisotopic (exact) mass is 367 g/mol. The van der Waals surface area contributed by atoms with Gasteiger partial charge in [0.25, 0.3) is 0 Å². The summed E-state index contributed by atoms with van der Waals surface area (Å²) in [7, 11) is 0. The third-order valence-electron chi connectivity index (χ3n) is 4.30. The molecule has 2 aliphatic heterocycles. The van der Waals surface area contributed by atoms with Crippen molar-refractivity contribution in [2.24, 2.45) is 0 Å². The number of hydrogen-bond donors (Lipinski definition) is 2. The van der Waals surface area contributed by atoms with Gasteiger partial charge in [0.1, 0.15) is 0 Å². The lowest BCUT2D eigenvalue weighted by atomic mass is 10.1. The molecular weight excluding hydrogens is 341 g/mol. The summed E-state index contributed by atoms with van der Waals surface area (Å²) >= 11 is 0. The molecule has 2 heterocycles. The van der Waals surface area contributed by atoms with E-state index in [-0.39, 0.29) is 37.2 Å². The molecule has 2 N–H and O–H groups in total. The molecule has 0 aromatic heterocycles. The van der Waals surface area contributed by atoms with Gasteiger partial charge in [0.2, 0.25) is 0 Å². The smallest absolute Gasteiger partial charge is 0.0367 e. The summed E-state index contributed by atoms with van der Waals surface area (Å²) in [6, 6.07) is 9.67. The molecule has 0 unspecified atom stereocenters. The lowest BCUT2D eigenvalue weighted by Gasteiger charge is -2.29. The Morgan fingerprint density at radius 3 is 2.05 bits per heavy atom. The van der Waals surface area contributed by atoms with Gasteiger partial charge >= 0.3 is 0 Å². The van der Waals surface area contributed by atoms with E-state index in [1.54, 1.807) is 0 Å². The zero-order valence-corrected chi connectivity index (χ0v) is 15.4. The molecule has 0 aliphatic carbocycles. The largest absolute Gasteiger partial charge is 0.382 e. The van der Waals surface area contributed by atoms with Crippen LogP contribution in [0.1, 0.15) is 32.1 Å². The number of halogens is 3. The molecule has 22 heavy (non-hydrogen) atoms. The minimum absolute atomic E-state index is 0. The van der Waals surface area contributed by atoms with E-state index < -0.39 is 0 Å². The van der Waals surface area contributed by atoms with Gasteiger partial charge in [0.05, 0.1) is 0 Å². The highest BCUT2D eigenvalue weighted by atomic mass is 35.5. The fourth-order valence-corrected chi connectivity index (χ4v) is 3.12. The number of rotatable bonds is 3. The van der Waals surface area contributed by atoms with Gasteiger partial charge in [0.15, 0.2) is 0 Å². The molecule has 0 atom stereocenters. The second kappa shape index (κ2) is 11.2. The summed E-state index contributed by atoms with van der Waals surface area (Å²) in [6.45, 7) is 4.73. The van der Waals surface area contributed by atoms with Crippen LogP contribution in [0.3, 0.4) is 0 Å². The van der Waals surface area contributed by atoms with Gasteiger partial charge < -0.3 is 15.5 Å². The second-order valence-electron chi connectivity index (χ2n) is 5.76. The maximum Gasteiger partial charge on any atom is 0.0367 e. The first-order valence-electron chi connectivity index (χ1n) is 7.74. The average Bonchev–Trinajstić information content (AvgIpc) is 2.50. The number of nitrogens with zero attached hydrogens (tertiary/aromatic N) is 1. The molecule has 2 fully saturated rings. The minimum Gasteiger partial charge on any atom is -0.382 e. The Hall–Kier alpha value is -0.350. The Morgan fingerprint density at radius 2 is 1.45 bits per heavy atom. The maximum absolute atomic E-state index is 3.65. The van der Waals surface area contributed by atoms with Crippen LogP contribution in [-0.2, 0) is 0 Å². The van der Waals surface area contributed by atoms with E-state index in [4.69, 9.17) is 0 Å². The minimum atomic E-state index is 0. The second-order valence-corrected chi connectivity index (χ2v) is 5.76. The molecule has 0 radical (unpaired) electrons. The van der Waals surface area contributed by atoms with Crippen LogP contribution >= 0.6 is 37.2 Å². The van der Waals surface area contributed by atoms with Crippen molar-refractivity contribution in [3.05, 3.63) is 24.3 Å². The molecule has 0 amide bonds. The van der Waals surface area contributed by atoms with Crippen LogP contribution in [0.4, 0.5) is 11.4 Å². The predicted molar refractivity (Wildman–Crippen MR) is 104 cm³/mol. The molecule has 3 nitrogen and oxygen atoms in total. The summed E-state index contributed by atoms with van der Waals surface area (Å²) in [4.78, 5) is 2.51. The highest BCUT2D eigenvalue weighted by Gasteiger charge is 2.13. The molecule has 2 aliphatic rings. The first-order chi connectivity index (χ1) is 9.42. The molecule has 0 bridgehead atoms. The summed E-state index contributed by atoms with van der Waals surface area (Å²) in [5.74, 6) is 0. The SMILES string of the molecule is Cl.Cl.Cl.c1cc(N2CCCCC2)ccc1NC1CCNCC1. The van der Waals surface area contributed by atoms with Crippen LogP contribution in [0.15, 0.2) is 24.3 Å². The Morgan fingerprint density at radius 1 is 0.864 bits per heavy atom. The van der Waals surface area contributed by atoms with Gasteiger partial charge in [-0.2, -0.15) is 0 Å². The molecule has 0 spiro atoms.